The molecule has 17 heavy (non-hydrogen) atoms. The van der Waals surface area contributed by atoms with Crippen LogP contribution in [0.4, 0.5) is 0 Å². The fourth-order valence-corrected chi connectivity index (χ4v) is 3.73. The Kier molecular flexibility index (Phi) is 4.10. The molecule has 1 heterocycles. The second-order valence-electron chi connectivity index (χ2n) is 6.19. The van der Waals surface area contributed by atoms with Gasteiger partial charge in [-0.05, 0) is 24.6 Å². The minimum absolute atomic E-state index is 0.00535. The van der Waals surface area contributed by atoms with E-state index in [-0.39, 0.29) is 11.1 Å². The molecule has 0 aromatic heterocycles. The van der Waals surface area contributed by atoms with Gasteiger partial charge in [-0.15, -0.1) is 0 Å². The first-order chi connectivity index (χ1) is 7.43. The van der Waals surface area contributed by atoms with Crippen LogP contribution in [0.1, 0.15) is 27.2 Å². The van der Waals surface area contributed by atoms with Gasteiger partial charge >= 0.3 is 0 Å². The van der Waals surface area contributed by atoms with Crippen LogP contribution in [-0.4, -0.2) is 40.2 Å². The van der Waals surface area contributed by atoms with Crippen LogP contribution in [-0.2, 0) is 14.6 Å². The third kappa shape index (κ3) is 3.75. The SMILES string of the molecule is CC(C)(C)[Si](C)(C)OC1CCN(S(N)(=O)=O)C1. The van der Waals surface area contributed by atoms with Crippen LogP contribution in [0.15, 0.2) is 0 Å². The predicted molar refractivity (Wildman–Crippen MR) is 71.4 cm³/mol. The van der Waals surface area contributed by atoms with Crippen molar-refractivity contribution in [1.82, 2.24) is 4.31 Å². The van der Waals surface area contributed by atoms with E-state index in [1.54, 1.807) is 0 Å². The van der Waals surface area contributed by atoms with Crippen molar-refractivity contribution < 1.29 is 12.8 Å². The van der Waals surface area contributed by atoms with Crippen LogP contribution in [0.5, 0.6) is 0 Å². The van der Waals surface area contributed by atoms with E-state index in [2.05, 4.69) is 33.9 Å². The summed E-state index contributed by atoms with van der Waals surface area (Å²) in [5.41, 5.74) is 0. The van der Waals surface area contributed by atoms with Crippen molar-refractivity contribution in [2.24, 2.45) is 5.14 Å². The van der Waals surface area contributed by atoms with Gasteiger partial charge in [-0.25, -0.2) is 5.14 Å². The molecule has 1 aliphatic heterocycles. The van der Waals surface area contributed by atoms with Gasteiger partial charge in [0.05, 0.1) is 6.10 Å². The Morgan fingerprint density at radius 1 is 1.35 bits per heavy atom. The van der Waals surface area contributed by atoms with E-state index in [4.69, 9.17) is 9.56 Å². The maximum atomic E-state index is 11.2. The Morgan fingerprint density at radius 3 is 2.24 bits per heavy atom. The molecule has 1 rings (SSSR count). The van der Waals surface area contributed by atoms with E-state index in [0.29, 0.717) is 13.1 Å². The van der Waals surface area contributed by atoms with Crippen molar-refractivity contribution in [2.45, 2.75) is 51.4 Å². The smallest absolute Gasteiger partial charge is 0.276 e. The van der Waals surface area contributed by atoms with Gasteiger partial charge in [0.2, 0.25) is 0 Å². The topological polar surface area (TPSA) is 72.6 Å². The summed E-state index contributed by atoms with van der Waals surface area (Å²) < 4.78 is 29.9. The van der Waals surface area contributed by atoms with Gasteiger partial charge in [-0.3, -0.25) is 0 Å². The van der Waals surface area contributed by atoms with Crippen molar-refractivity contribution in [1.29, 1.82) is 0 Å². The van der Waals surface area contributed by atoms with Crippen molar-refractivity contribution in [3.63, 3.8) is 0 Å². The molecule has 0 aromatic carbocycles. The van der Waals surface area contributed by atoms with Crippen LogP contribution in [0.2, 0.25) is 18.1 Å². The average molecular weight is 280 g/mol. The summed E-state index contributed by atoms with van der Waals surface area (Å²) in [7, 11) is -5.38. The van der Waals surface area contributed by atoms with E-state index in [0.717, 1.165) is 6.42 Å². The fourth-order valence-electron chi connectivity index (χ4n) is 1.62. The second kappa shape index (κ2) is 4.62. The Bertz CT molecular complexity index is 376. The Labute approximate surface area is 106 Å². The zero-order valence-corrected chi connectivity index (χ0v) is 13.2. The second-order valence-corrected chi connectivity index (χ2v) is 12.5. The molecule has 0 spiro atoms. The summed E-state index contributed by atoms with van der Waals surface area (Å²) in [6.45, 7) is 11.7. The highest BCUT2D eigenvalue weighted by Gasteiger charge is 2.41. The summed E-state index contributed by atoms with van der Waals surface area (Å²) in [5, 5.41) is 5.25. The third-order valence-electron chi connectivity index (χ3n) is 3.74. The number of nitrogens with zero attached hydrogens (tertiary/aromatic N) is 1. The average Bonchev–Trinajstić information content (AvgIpc) is 2.48. The zero-order chi connectivity index (χ0) is 13.5. The number of hydrogen-bond donors (Lipinski definition) is 1. The first kappa shape index (κ1) is 15.1. The highest BCUT2D eigenvalue weighted by molar-refractivity contribution is 7.86. The molecule has 5 nitrogen and oxygen atoms in total. The molecule has 1 fully saturated rings. The molecule has 0 radical (unpaired) electrons. The van der Waals surface area contributed by atoms with Gasteiger partial charge in [-0.2, -0.15) is 12.7 Å². The van der Waals surface area contributed by atoms with Gasteiger partial charge in [0.15, 0.2) is 8.32 Å². The lowest BCUT2D eigenvalue weighted by atomic mass is 10.2. The molecule has 0 bridgehead atoms. The number of rotatable bonds is 3. The first-order valence-corrected chi connectivity index (χ1v) is 10.3. The molecule has 7 heteroatoms. The van der Waals surface area contributed by atoms with Crippen LogP contribution in [0.25, 0.3) is 0 Å². The minimum Gasteiger partial charge on any atom is -0.413 e. The molecule has 1 atom stereocenters. The Morgan fingerprint density at radius 2 is 1.88 bits per heavy atom. The highest BCUT2D eigenvalue weighted by Crippen LogP contribution is 2.38. The summed E-state index contributed by atoms with van der Waals surface area (Å²) in [4.78, 5) is 0. The van der Waals surface area contributed by atoms with Crippen molar-refractivity contribution in [3.8, 4) is 0 Å². The normalized spacial score (nSPS) is 24.2. The van der Waals surface area contributed by atoms with E-state index in [1.165, 1.54) is 4.31 Å². The van der Waals surface area contributed by atoms with Gasteiger partial charge < -0.3 is 4.43 Å². The van der Waals surface area contributed by atoms with E-state index in [9.17, 15) is 8.42 Å². The standard InChI is InChI=1S/C10H24N2O3SSi/c1-10(2,3)17(4,5)15-9-6-7-12(8-9)16(11,13)14/h9H,6-8H2,1-5H3,(H2,11,13,14). The van der Waals surface area contributed by atoms with Gasteiger partial charge in [0.25, 0.3) is 10.2 Å². The van der Waals surface area contributed by atoms with E-state index < -0.39 is 18.5 Å². The van der Waals surface area contributed by atoms with Gasteiger partial charge in [-0.1, -0.05) is 20.8 Å². The lowest BCUT2D eigenvalue weighted by Crippen LogP contribution is -2.45. The number of nitrogens with two attached hydrogens (primary N) is 1. The largest absolute Gasteiger partial charge is 0.413 e. The zero-order valence-electron chi connectivity index (χ0n) is 11.4. The van der Waals surface area contributed by atoms with Crippen molar-refractivity contribution in [3.05, 3.63) is 0 Å². The van der Waals surface area contributed by atoms with Crippen LogP contribution in [0.3, 0.4) is 0 Å². The molecule has 0 aliphatic carbocycles. The molecule has 1 saturated heterocycles. The molecule has 1 unspecified atom stereocenters. The summed E-state index contributed by atoms with van der Waals surface area (Å²) in [6, 6.07) is 0. The van der Waals surface area contributed by atoms with Gasteiger partial charge in [0.1, 0.15) is 0 Å². The molecule has 0 saturated carbocycles. The molecular weight excluding hydrogens is 256 g/mol. The minimum atomic E-state index is -3.56. The maximum Gasteiger partial charge on any atom is 0.276 e. The highest BCUT2D eigenvalue weighted by atomic mass is 32.2. The maximum absolute atomic E-state index is 11.2. The summed E-state index contributed by atoms with van der Waals surface area (Å²) in [6.07, 6.45) is 0.734. The quantitative estimate of drug-likeness (QED) is 0.792. The third-order valence-corrected chi connectivity index (χ3v) is 9.32. The molecular formula is C10H24N2O3SSi. The lowest BCUT2D eigenvalue weighted by Gasteiger charge is -2.38. The van der Waals surface area contributed by atoms with E-state index >= 15 is 0 Å². The Balaban J connectivity index is 2.63. The van der Waals surface area contributed by atoms with Crippen LogP contribution in [0, 0.1) is 0 Å². The first-order valence-electron chi connectivity index (χ1n) is 5.89. The Hall–Kier alpha value is 0.0469. The number of hydrogen-bond acceptors (Lipinski definition) is 3. The molecule has 102 valence electrons. The molecule has 0 aromatic rings. The summed E-state index contributed by atoms with van der Waals surface area (Å²) in [5.74, 6) is 0. The molecule has 0 amide bonds. The van der Waals surface area contributed by atoms with Crippen LogP contribution < -0.4 is 5.14 Å². The van der Waals surface area contributed by atoms with Gasteiger partial charge in [0, 0.05) is 13.1 Å². The molecule has 2 N–H and O–H groups in total. The van der Waals surface area contributed by atoms with E-state index in [1.807, 2.05) is 0 Å². The monoisotopic (exact) mass is 280 g/mol. The van der Waals surface area contributed by atoms with Crippen LogP contribution >= 0.6 is 0 Å². The lowest BCUT2D eigenvalue weighted by molar-refractivity contribution is 0.193. The molecule has 1 aliphatic rings. The van der Waals surface area contributed by atoms with Crippen molar-refractivity contribution in [2.75, 3.05) is 13.1 Å². The predicted octanol–water partition coefficient (Wildman–Crippen LogP) is 1.29. The fraction of sp³-hybridized carbons (Fsp3) is 1.00. The van der Waals surface area contributed by atoms with Crippen molar-refractivity contribution >= 4 is 18.5 Å². The summed E-state index contributed by atoms with van der Waals surface area (Å²) >= 11 is 0.